The molecule has 1 heterocycles. The smallest absolute Gasteiger partial charge is 0.276 e. The van der Waals surface area contributed by atoms with Gasteiger partial charge in [0.1, 0.15) is 6.04 Å². The van der Waals surface area contributed by atoms with Gasteiger partial charge < -0.3 is 10.2 Å². The number of nitrogens with zero attached hydrogens (tertiary/aromatic N) is 3. The van der Waals surface area contributed by atoms with Gasteiger partial charge in [-0.2, -0.15) is 8.75 Å². The first-order valence-corrected chi connectivity index (χ1v) is 12.3. The fourth-order valence-corrected chi connectivity index (χ4v) is 4.91. The van der Waals surface area contributed by atoms with Crippen LogP contribution in [-0.2, 0) is 11.2 Å². The van der Waals surface area contributed by atoms with Crippen LogP contribution in [0.2, 0.25) is 0 Å². The van der Waals surface area contributed by atoms with E-state index < -0.39 is 6.04 Å². The number of hydrogen-bond acceptors (Lipinski definition) is 5. The predicted octanol–water partition coefficient (Wildman–Crippen LogP) is 4.72. The fourth-order valence-electron chi connectivity index (χ4n) is 4.51. The molecule has 1 aromatic heterocycles. The summed E-state index contributed by atoms with van der Waals surface area (Å²) in [5, 5.41) is 3.24. The lowest BCUT2D eigenvalue weighted by Gasteiger charge is -2.33. The number of rotatable bonds is 8. The van der Waals surface area contributed by atoms with Crippen LogP contribution in [0.5, 0.6) is 0 Å². The second-order valence-corrected chi connectivity index (χ2v) is 9.24. The highest BCUT2D eigenvalue weighted by Crippen LogP contribution is 2.26. The van der Waals surface area contributed by atoms with Crippen molar-refractivity contribution in [1.29, 1.82) is 0 Å². The third-order valence-electron chi connectivity index (χ3n) is 6.19. The van der Waals surface area contributed by atoms with Crippen LogP contribution in [-0.4, -0.2) is 38.0 Å². The fraction of sp³-hybridized carbons (Fsp3) is 0.385. The molecule has 1 fully saturated rings. The van der Waals surface area contributed by atoms with E-state index in [0.717, 1.165) is 48.5 Å². The monoisotopic (exact) mass is 462 g/mol. The van der Waals surface area contributed by atoms with Gasteiger partial charge in [0, 0.05) is 12.6 Å². The summed E-state index contributed by atoms with van der Waals surface area (Å²) in [6, 6.07) is 17.2. The molecule has 0 unspecified atom stereocenters. The summed E-state index contributed by atoms with van der Waals surface area (Å²) in [4.78, 5) is 28.9. The van der Waals surface area contributed by atoms with Crippen molar-refractivity contribution in [3.63, 3.8) is 0 Å². The Hall–Kier alpha value is -3.06. The zero-order valence-corrected chi connectivity index (χ0v) is 19.8. The minimum absolute atomic E-state index is 0.131. The SMILES string of the molecule is Cc1cccc(CCN(C(=O)c2cnsn2)[C@@H](C(=O)NC2CCCCC2)c2ccccc2)c1. The maximum Gasteiger partial charge on any atom is 0.276 e. The first-order valence-electron chi connectivity index (χ1n) is 11.6. The quantitative estimate of drug-likeness (QED) is 0.526. The minimum atomic E-state index is -0.730. The molecule has 2 amide bonds. The van der Waals surface area contributed by atoms with Crippen molar-refractivity contribution in [2.75, 3.05) is 6.54 Å². The molecule has 0 spiro atoms. The van der Waals surface area contributed by atoms with E-state index in [1.807, 2.05) is 36.4 Å². The maximum absolute atomic E-state index is 13.7. The molecule has 1 saturated carbocycles. The van der Waals surface area contributed by atoms with Crippen molar-refractivity contribution in [3.8, 4) is 0 Å². The lowest BCUT2D eigenvalue weighted by Crippen LogP contribution is -2.47. The Bertz CT molecular complexity index is 1050. The van der Waals surface area contributed by atoms with E-state index in [0.29, 0.717) is 13.0 Å². The molecule has 1 aliphatic rings. The van der Waals surface area contributed by atoms with Crippen molar-refractivity contribution in [2.45, 2.75) is 57.5 Å². The van der Waals surface area contributed by atoms with Gasteiger partial charge >= 0.3 is 0 Å². The number of carbonyl (C=O) groups excluding carboxylic acids is 2. The van der Waals surface area contributed by atoms with Gasteiger partial charge in [0.2, 0.25) is 5.91 Å². The number of hydrogen-bond donors (Lipinski definition) is 1. The van der Waals surface area contributed by atoms with Crippen molar-refractivity contribution in [1.82, 2.24) is 19.0 Å². The molecule has 4 rings (SSSR count). The van der Waals surface area contributed by atoms with Crippen LogP contribution in [0.4, 0.5) is 0 Å². The lowest BCUT2D eigenvalue weighted by atomic mass is 9.94. The summed E-state index contributed by atoms with van der Waals surface area (Å²) in [5.41, 5.74) is 3.37. The second-order valence-electron chi connectivity index (χ2n) is 8.69. The van der Waals surface area contributed by atoms with Crippen molar-refractivity contribution < 1.29 is 9.59 Å². The molecule has 0 saturated heterocycles. The number of benzene rings is 2. The molecule has 1 atom stereocenters. The number of aromatic nitrogens is 2. The highest BCUT2D eigenvalue weighted by Gasteiger charge is 2.34. The van der Waals surface area contributed by atoms with E-state index in [4.69, 9.17) is 0 Å². The molecule has 172 valence electrons. The Balaban J connectivity index is 1.65. The first kappa shape index (κ1) is 23.1. The Morgan fingerprint density at radius 2 is 1.88 bits per heavy atom. The molecule has 1 aliphatic carbocycles. The van der Waals surface area contributed by atoms with Crippen molar-refractivity contribution in [2.24, 2.45) is 0 Å². The Kier molecular flexibility index (Phi) is 7.83. The molecule has 0 radical (unpaired) electrons. The molecular weight excluding hydrogens is 432 g/mol. The Labute approximate surface area is 199 Å². The molecule has 0 bridgehead atoms. The van der Waals surface area contributed by atoms with E-state index in [1.54, 1.807) is 4.90 Å². The highest BCUT2D eigenvalue weighted by atomic mass is 32.1. The van der Waals surface area contributed by atoms with E-state index in [-0.39, 0.29) is 23.6 Å². The molecule has 6 nitrogen and oxygen atoms in total. The largest absolute Gasteiger partial charge is 0.351 e. The van der Waals surface area contributed by atoms with Gasteiger partial charge in [-0.05, 0) is 37.3 Å². The minimum Gasteiger partial charge on any atom is -0.351 e. The van der Waals surface area contributed by atoms with Gasteiger partial charge in [0.25, 0.3) is 5.91 Å². The molecule has 2 aromatic carbocycles. The third kappa shape index (κ3) is 6.05. The number of aryl methyl sites for hydroxylation is 1. The normalized spacial score (nSPS) is 15.1. The molecular formula is C26H30N4O2S. The number of carbonyl (C=O) groups is 2. The Morgan fingerprint density at radius 1 is 1.09 bits per heavy atom. The molecule has 7 heteroatoms. The van der Waals surface area contributed by atoms with Gasteiger partial charge in [-0.25, -0.2) is 0 Å². The molecule has 3 aromatic rings. The van der Waals surface area contributed by atoms with Gasteiger partial charge in [-0.3, -0.25) is 9.59 Å². The second kappa shape index (κ2) is 11.2. The summed E-state index contributed by atoms with van der Waals surface area (Å²) >= 11 is 0.998. The number of amides is 2. The highest BCUT2D eigenvalue weighted by molar-refractivity contribution is 6.99. The van der Waals surface area contributed by atoms with E-state index in [2.05, 4.69) is 39.2 Å². The summed E-state index contributed by atoms with van der Waals surface area (Å²) in [5.74, 6) is -0.405. The maximum atomic E-state index is 13.7. The summed E-state index contributed by atoms with van der Waals surface area (Å²) in [6.07, 6.45) is 7.56. The van der Waals surface area contributed by atoms with Crippen LogP contribution in [0.15, 0.2) is 60.8 Å². The number of nitrogens with one attached hydrogen (secondary N) is 1. The van der Waals surface area contributed by atoms with Crippen LogP contribution >= 0.6 is 11.7 Å². The van der Waals surface area contributed by atoms with E-state index in [9.17, 15) is 9.59 Å². The zero-order valence-electron chi connectivity index (χ0n) is 18.9. The molecule has 0 aliphatic heterocycles. The lowest BCUT2D eigenvalue weighted by molar-refractivity contribution is -0.126. The van der Waals surface area contributed by atoms with E-state index in [1.165, 1.54) is 18.2 Å². The average Bonchev–Trinajstić information content (AvgIpc) is 3.37. The summed E-state index contributed by atoms with van der Waals surface area (Å²) in [6.45, 7) is 2.45. The van der Waals surface area contributed by atoms with Crippen LogP contribution in [0.1, 0.15) is 65.3 Å². The third-order valence-corrected chi connectivity index (χ3v) is 6.67. The molecule has 1 N–H and O–H groups in total. The van der Waals surface area contributed by atoms with Gasteiger partial charge in [0.15, 0.2) is 5.69 Å². The zero-order chi connectivity index (χ0) is 23.0. The molecule has 33 heavy (non-hydrogen) atoms. The first-order chi connectivity index (χ1) is 16.1. The van der Waals surface area contributed by atoms with Gasteiger partial charge in [0.05, 0.1) is 17.9 Å². The van der Waals surface area contributed by atoms with Crippen LogP contribution < -0.4 is 5.32 Å². The Morgan fingerprint density at radius 3 is 2.58 bits per heavy atom. The predicted molar refractivity (Wildman–Crippen MR) is 130 cm³/mol. The average molecular weight is 463 g/mol. The van der Waals surface area contributed by atoms with Crippen LogP contribution in [0.25, 0.3) is 0 Å². The standard InChI is InChI=1S/C26H30N4O2S/c1-19-9-8-10-20(17-19)15-16-30(26(32)23-18-27-33-29-23)24(21-11-4-2-5-12-21)25(31)28-22-13-6-3-7-14-22/h2,4-5,8-12,17-18,22,24H,3,6-7,13-16H2,1H3,(H,28,31)/t24-/m1/s1. The van der Waals surface area contributed by atoms with Crippen LogP contribution in [0, 0.1) is 6.92 Å². The van der Waals surface area contributed by atoms with Crippen molar-refractivity contribution in [3.05, 3.63) is 83.2 Å². The van der Waals surface area contributed by atoms with Gasteiger partial charge in [-0.15, -0.1) is 0 Å². The van der Waals surface area contributed by atoms with Crippen molar-refractivity contribution >= 4 is 23.5 Å². The van der Waals surface area contributed by atoms with Gasteiger partial charge in [-0.1, -0.05) is 79.4 Å². The van der Waals surface area contributed by atoms with E-state index >= 15 is 0 Å². The summed E-state index contributed by atoms with van der Waals surface area (Å²) < 4.78 is 8.17. The summed E-state index contributed by atoms with van der Waals surface area (Å²) in [7, 11) is 0. The topological polar surface area (TPSA) is 75.2 Å². The van der Waals surface area contributed by atoms with Crippen LogP contribution in [0.3, 0.4) is 0 Å².